The van der Waals surface area contributed by atoms with Crippen molar-refractivity contribution in [3.8, 4) is 0 Å². The van der Waals surface area contributed by atoms with Crippen LogP contribution >= 0.6 is 15.9 Å². The van der Waals surface area contributed by atoms with Crippen LogP contribution in [-0.4, -0.2) is 35.9 Å². The molecule has 2 aromatic rings. The second-order valence-electron chi connectivity index (χ2n) is 5.34. The number of benzene rings is 1. The summed E-state index contributed by atoms with van der Waals surface area (Å²) in [6.45, 7) is 5.11. The van der Waals surface area contributed by atoms with Crippen LogP contribution in [0, 0.1) is 0 Å². The zero-order valence-electron chi connectivity index (χ0n) is 12.5. The van der Waals surface area contributed by atoms with E-state index in [2.05, 4.69) is 36.1 Å². The zero-order chi connectivity index (χ0) is 15.5. The summed E-state index contributed by atoms with van der Waals surface area (Å²) in [6.07, 6.45) is 2.85. The number of nitrogens with one attached hydrogen (secondary N) is 2. The summed E-state index contributed by atoms with van der Waals surface area (Å²) < 4.78 is 3.08. The van der Waals surface area contributed by atoms with E-state index in [0.717, 1.165) is 46.3 Å². The number of fused-ring (bicyclic) bond motifs is 1. The average molecular weight is 363 g/mol. The van der Waals surface area contributed by atoms with Gasteiger partial charge in [0.1, 0.15) is 5.84 Å². The normalized spacial score (nSPS) is 14.0. The molecule has 2 heterocycles. The molecule has 1 aliphatic rings. The van der Waals surface area contributed by atoms with Crippen LogP contribution < -0.4 is 10.6 Å². The van der Waals surface area contributed by atoms with Gasteiger partial charge < -0.3 is 15.2 Å². The highest BCUT2D eigenvalue weighted by Crippen LogP contribution is 2.25. The molecule has 1 aromatic carbocycles. The molecule has 0 radical (unpaired) electrons. The van der Waals surface area contributed by atoms with E-state index in [4.69, 9.17) is 0 Å². The Balaban J connectivity index is 1.99. The summed E-state index contributed by atoms with van der Waals surface area (Å²) in [5.41, 5.74) is 1.75. The first-order valence-corrected chi connectivity index (χ1v) is 8.32. The largest absolute Gasteiger partial charge is 0.370 e. The molecule has 6 heteroatoms. The molecule has 0 fully saturated rings. The molecule has 1 aliphatic heterocycles. The Hall–Kier alpha value is -1.82. The summed E-state index contributed by atoms with van der Waals surface area (Å²) in [5.74, 6) is 0.951. The number of carbonyl (C=O) groups is 1. The molecule has 1 aromatic heterocycles. The average Bonchev–Trinajstić information content (AvgIpc) is 3.13. The van der Waals surface area contributed by atoms with Gasteiger partial charge in [0, 0.05) is 29.1 Å². The second-order valence-corrected chi connectivity index (χ2v) is 6.26. The van der Waals surface area contributed by atoms with Gasteiger partial charge in [0.25, 0.3) is 5.91 Å². The van der Waals surface area contributed by atoms with Gasteiger partial charge in [0.2, 0.25) is 0 Å². The monoisotopic (exact) mass is 362 g/mol. The zero-order valence-corrected chi connectivity index (χ0v) is 14.1. The standard InChI is InChI=1S/C16H19BrN4O/c1-2-5-20-16(22)13-9-21(10-15-18-6-7-19-15)14-8-11(17)3-4-12(13)14/h3-4,8-9H,2,5-7,10H2,1H3,(H,18,19)(H,20,22). The fourth-order valence-corrected chi connectivity index (χ4v) is 2.97. The lowest BCUT2D eigenvalue weighted by molar-refractivity contribution is 0.0955. The molecule has 22 heavy (non-hydrogen) atoms. The molecule has 0 spiro atoms. The van der Waals surface area contributed by atoms with Crippen LogP contribution in [0.3, 0.4) is 0 Å². The van der Waals surface area contributed by atoms with Gasteiger partial charge in [-0.1, -0.05) is 28.9 Å². The van der Waals surface area contributed by atoms with Crippen molar-refractivity contribution in [2.75, 3.05) is 19.6 Å². The molecular weight excluding hydrogens is 344 g/mol. The van der Waals surface area contributed by atoms with Crippen molar-refractivity contribution in [2.24, 2.45) is 4.99 Å². The van der Waals surface area contributed by atoms with Crippen molar-refractivity contribution in [1.82, 2.24) is 15.2 Å². The molecule has 0 atom stereocenters. The third kappa shape index (κ3) is 3.02. The number of amidine groups is 1. The van der Waals surface area contributed by atoms with E-state index in [1.54, 1.807) is 0 Å². The first-order valence-electron chi connectivity index (χ1n) is 7.53. The van der Waals surface area contributed by atoms with E-state index >= 15 is 0 Å². The van der Waals surface area contributed by atoms with Gasteiger partial charge in [-0.3, -0.25) is 9.79 Å². The van der Waals surface area contributed by atoms with Crippen molar-refractivity contribution >= 4 is 38.6 Å². The summed E-state index contributed by atoms with van der Waals surface area (Å²) in [7, 11) is 0. The summed E-state index contributed by atoms with van der Waals surface area (Å²) in [4.78, 5) is 16.8. The highest BCUT2D eigenvalue weighted by Gasteiger charge is 2.16. The van der Waals surface area contributed by atoms with E-state index in [1.165, 1.54) is 0 Å². The maximum atomic E-state index is 12.4. The number of rotatable bonds is 5. The number of halogens is 1. The smallest absolute Gasteiger partial charge is 0.253 e. The van der Waals surface area contributed by atoms with Crippen molar-refractivity contribution in [2.45, 2.75) is 19.9 Å². The van der Waals surface area contributed by atoms with Gasteiger partial charge in [-0.05, 0) is 18.6 Å². The summed E-state index contributed by atoms with van der Waals surface area (Å²) in [5, 5.41) is 7.19. The van der Waals surface area contributed by atoms with E-state index in [0.29, 0.717) is 13.1 Å². The molecule has 0 aliphatic carbocycles. The van der Waals surface area contributed by atoms with Crippen molar-refractivity contribution < 1.29 is 4.79 Å². The first-order chi connectivity index (χ1) is 10.7. The Kier molecular flexibility index (Phi) is 4.47. The molecule has 3 rings (SSSR count). The molecule has 0 saturated carbocycles. The van der Waals surface area contributed by atoms with Crippen molar-refractivity contribution in [3.63, 3.8) is 0 Å². The Labute approximate surface area is 137 Å². The quantitative estimate of drug-likeness (QED) is 0.858. The molecule has 2 N–H and O–H groups in total. The van der Waals surface area contributed by atoms with Gasteiger partial charge in [-0.25, -0.2) is 0 Å². The van der Waals surface area contributed by atoms with Gasteiger partial charge in [-0.2, -0.15) is 0 Å². The van der Waals surface area contributed by atoms with E-state index in [9.17, 15) is 4.79 Å². The van der Waals surface area contributed by atoms with Crippen LogP contribution in [0.1, 0.15) is 23.7 Å². The Bertz CT molecular complexity index is 735. The Morgan fingerprint density at radius 1 is 1.50 bits per heavy atom. The molecular formula is C16H19BrN4O. The van der Waals surface area contributed by atoms with Gasteiger partial charge in [-0.15, -0.1) is 0 Å². The second kappa shape index (κ2) is 6.52. The topological polar surface area (TPSA) is 58.4 Å². The van der Waals surface area contributed by atoms with E-state index < -0.39 is 0 Å². The van der Waals surface area contributed by atoms with Crippen molar-refractivity contribution in [3.05, 3.63) is 34.4 Å². The number of amides is 1. The Morgan fingerprint density at radius 2 is 2.36 bits per heavy atom. The van der Waals surface area contributed by atoms with Crippen LogP contribution in [0.2, 0.25) is 0 Å². The number of hydrogen-bond acceptors (Lipinski definition) is 3. The number of aromatic nitrogens is 1. The summed E-state index contributed by atoms with van der Waals surface area (Å²) in [6, 6.07) is 6.00. The van der Waals surface area contributed by atoms with Crippen LogP contribution in [-0.2, 0) is 6.54 Å². The fraction of sp³-hybridized carbons (Fsp3) is 0.375. The maximum Gasteiger partial charge on any atom is 0.253 e. The van der Waals surface area contributed by atoms with Crippen LogP contribution in [0.4, 0.5) is 0 Å². The Morgan fingerprint density at radius 3 is 3.09 bits per heavy atom. The minimum atomic E-state index is -0.0192. The molecule has 5 nitrogen and oxygen atoms in total. The predicted octanol–water partition coefficient (Wildman–Crippen LogP) is 2.55. The molecule has 1 amide bonds. The molecule has 0 unspecified atom stereocenters. The first kappa shape index (κ1) is 15.1. The minimum absolute atomic E-state index is 0.0192. The van der Waals surface area contributed by atoms with Crippen LogP contribution in [0.25, 0.3) is 10.9 Å². The lowest BCUT2D eigenvalue weighted by Crippen LogP contribution is -2.24. The lowest BCUT2D eigenvalue weighted by atomic mass is 10.1. The maximum absolute atomic E-state index is 12.4. The van der Waals surface area contributed by atoms with E-state index in [1.807, 2.05) is 31.3 Å². The highest BCUT2D eigenvalue weighted by atomic mass is 79.9. The third-order valence-corrected chi connectivity index (χ3v) is 4.18. The van der Waals surface area contributed by atoms with Gasteiger partial charge in [0.15, 0.2) is 0 Å². The molecule has 116 valence electrons. The lowest BCUT2D eigenvalue weighted by Gasteiger charge is -2.06. The van der Waals surface area contributed by atoms with Gasteiger partial charge in [0.05, 0.1) is 24.2 Å². The minimum Gasteiger partial charge on any atom is -0.370 e. The predicted molar refractivity (Wildman–Crippen MR) is 92.6 cm³/mol. The van der Waals surface area contributed by atoms with Crippen LogP contribution in [0.15, 0.2) is 33.9 Å². The highest BCUT2D eigenvalue weighted by molar-refractivity contribution is 9.10. The van der Waals surface area contributed by atoms with Gasteiger partial charge >= 0.3 is 0 Å². The van der Waals surface area contributed by atoms with E-state index in [-0.39, 0.29) is 5.91 Å². The summed E-state index contributed by atoms with van der Waals surface area (Å²) >= 11 is 3.51. The van der Waals surface area contributed by atoms with Crippen molar-refractivity contribution in [1.29, 1.82) is 0 Å². The molecule has 0 saturated heterocycles. The SMILES string of the molecule is CCCNC(=O)c1cn(CC2=NCCN2)c2cc(Br)ccc12. The number of nitrogens with zero attached hydrogens (tertiary/aromatic N) is 2. The third-order valence-electron chi connectivity index (χ3n) is 3.69. The fourth-order valence-electron chi connectivity index (χ4n) is 2.62. The number of aliphatic imine (C=N–C) groups is 1. The van der Waals surface area contributed by atoms with Crippen LogP contribution in [0.5, 0.6) is 0 Å². The number of hydrogen-bond donors (Lipinski definition) is 2. The molecule has 0 bridgehead atoms. The number of carbonyl (C=O) groups excluding carboxylic acids is 1.